The molecular formula is C11H14N2O3. The fourth-order valence-electron chi connectivity index (χ4n) is 1.73. The minimum absolute atomic E-state index is 0.190. The molecule has 0 bridgehead atoms. The Bertz CT molecular complexity index is 400. The van der Waals surface area contributed by atoms with Crippen molar-refractivity contribution < 1.29 is 14.6 Å². The van der Waals surface area contributed by atoms with Crippen molar-refractivity contribution in [2.24, 2.45) is 0 Å². The fraction of sp³-hybridized carbons (Fsp3) is 0.455. The molecule has 2 rings (SSSR count). The van der Waals surface area contributed by atoms with Gasteiger partial charge in [-0.15, -0.1) is 0 Å². The van der Waals surface area contributed by atoms with E-state index in [0.717, 1.165) is 6.42 Å². The van der Waals surface area contributed by atoms with Gasteiger partial charge in [-0.3, -0.25) is 0 Å². The van der Waals surface area contributed by atoms with Crippen molar-refractivity contribution in [1.29, 1.82) is 0 Å². The Morgan fingerprint density at radius 3 is 3.12 bits per heavy atom. The van der Waals surface area contributed by atoms with E-state index in [1.807, 2.05) is 6.92 Å². The Morgan fingerprint density at radius 1 is 1.69 bits per heavy atom. The van der Waals surface area contributed by atoms with Crippen LogP contribution in [0.15, 0.2) is 18.3 Å². The van der Waals surface area contributed by atoms with Crippen LogP contribution in [0, 0.1) is 0 Å². The molecule has 0 saturated carbocycles. The molecule has 2 N–H and O–H groups in total. The van der Waals surface area contributed by atoms with Crippen LogP contribution < -0.4 is 5.32 Å². The maximum atomic E-state index is 11.0. The molecule has 5 nitrogen and oxygen atoms in total. The molecule has 0 amide bonds. The van der Waals surface area contributed by atoms with E-state index in [1.165, 1.54) is 6.07 Å². The molecule has 1 atom stereocenters. The third kappa shape index (κ3) is 2.14. The number of aromatic nitrogens is 1. The second kappa shape index (κ2) is 4.09. The van der Waals surface area contributed by atoms with E-state index in [-0.39, 0.29) is 11.1 Å². The number of hydrogen-bond donors (Lipinski definition) is 2. The average molecular weight is 222 g/mol. The summed E-state index contributed by atoms with van der Waals surface area (Å²) in [6, 6.07) is 3.15. The van der Waals surface area contributed by atoms with E-state index in [4.69, 9.17) is 9.84 Å². The number of aromatic carboxylic acids is 1. The van der Waals surface area contributed by atoms with Gasteiger partial charge >= 0.3 is 5.97 Å². The minimum atomic E-state index is -0.974. The van der Waals surface area contributed by atoms with Crippen LogP contribution in [0.25, 0.3) is 0 Å². The molecule has 0 aliphatic carbocycles. The van der Waals surface area contributed by atoms with Crippen LogP contribution in [0.1, 0.15) is 23.7 Å². The number of ether oxygens (including phenoxy) is 1. The van der Waals surface area contributed by atoms with Gasteiger partial charge in [0, 0.05) is 12.8 Å². The van der Waals surface area contributed by atoms with E-state index in [1.54, 1.807) is 12.3 Å². The highest BCUT2D eigenvalue weighted by Gasteiger charge is 2.30. The van der Waals surface area contributed by atoms with Gasteiger partial charge in [0.2, 0.25) is 0 Å². The molecule has 2 heterocycles. The number of anilines is 1. The number of nitrogens with zero attached hydrogens (tertiary/aromatic N) is 1. The number of rotatable bonds is 3. The first-order valence-corrected chi connectivity index (χ1v) is 5.15. The Kier molecular flexibility index (Phi) is 2.78. The van der Waals surface area contributed by atoms with Crippen LogP contribution in [0.5, 0.6) is 0 Å². The van der Waals surface area contributed by atoms with Gasteiger partial charge in [0.15, 0.2) is 0 Å². The van der Waals surface area contributed by atoms with Crippen molar-refractivity contribution in [2.45, 2.75) is 18.9 Å². The molecule has 0 aromatic carbocycles. The molecule has 0 radical (unpaired) electrons. The van der Waals surface area contributed by atoms with Gasteiger partial charge in [-0.25, -0.2) is 9.78 Å². The third-order valence-corrected chi connectivity index (χ3v) is 2.68. The maximum Gasteiger partial charge on any atom is 0.339 e. The van der Waals surface area contributed by atoms with Gasteiger partial charge in [-0.1, -0.05) is 0 Å². The van der Waals surface area contributed by atoms with Gasteiger partial charge in [-0.05, 0) is 25.5 Å². The summed E-state index contributed by atoms with van der Waals surface area (Å²) in [5.41, 5.74) is -0.0333. The highest BCUT2D eigenvalue weighted by molar-refractivity contribution is 5.93. The van der Waals surface area contributed by atoms with Crippen molar-refractivity contribution in [2.75, 3.05) is 18.5 Å². The zero-order valence-corrected chi connectivity index (χ0v) is 9.06. The minimum Gasteiger partial charge on any atom is -0.478 e. The van der Waals surface area contributed by atoms with Crippen LogP contribution in [0.4, 0.5) is 5.82 Å². The highest BCUT2D eigenvalue weighted by atomic mass is 16.5. The second-order valence-corrected chi connectivity index (χ2v) is 4.19. The van der Waals surface area contributed by atoms with E-state index in [2.05, 4.69) is 10.3 Å². The predicted octanol–water partition coefficient (Wildman–Crippen LogP) is 1.37. The standard InChI is InChI=1S/C11H14N2O3/c1-11(4-6-16-7-11)13-9-8(10(14)15)3-2-5-12-9/h2-3,5H,4,6-7H2,1H3,(H,12,13)(H,14,15). The second-order valence-electron chi connectivity index (χ2n) is 4.19. The van der Waals surface area contributed by atoms with Gasteiger partial charge in [0.25, 0.3) is 0 Å². The summed E-state index contributed by atoms with van der Waals surface area (Å²) in [6.45, 7) is 3.27. The third-order valence-electron chi connectivity index (χ3n) is 2.68. The Morgan fingerprint density at radius 2 is 2.50 bits per heavy atom. The molecular weight excluding hydrogens is 208 g/mol. The summed E-state index contributed by atoms with van der Waals surface area (Å²) in [5, 5.41) is 12.2. The van der Waals surface area contributed by atoms with Crippen molar-refractivity contribution in [1.82, 2.24) is 4.98 Å². The highest BCUT2D eigenvalue weighted by Crippen LogP contribution is 2.24. The number of carboxylic acids is 1. The molecule has 1 aromatic rings. The first-order chi connectivity index (χ1) is 7.61. The molecule has 1 aliphatic rings. The quantitative estimate of drug-likeness (QED) is 0.808. The SMILES string of the molecule is CC1(Nc2ncccc2C(=O)O)CCOC1. The fourth-order valence-corrected chi connectivity index (χ4v) is 1.73. The Hall–Kier alpha value is -1.62. The topological polar surface area (TPSA) is 71.5 Å². The van der Waals surface area contributed by atoms with Crippen LogP contribution in [0.3, 0.4) is 0 Å². The number of hydrogen-bond acceptors (Lipinski definition) is 4. The van der Waals surface area contributed by atoms with Crippen molar-refractivity contribution in [3.63, 3.8) is 0 Å². The maximum absolute atomic E-state index is 11.0. The molecule has 1 aliphatic heterocycles. The smallest absolute Gasteiger partial charge is 0.339 e. The van der Waals surface area contributed by atoms with Gasteiger partial charge < -0.3 is 15.2 Å². The summed E-state index contributed by atoms with van der Waals surface area (Å²) in [7, 11) is 0. The summed E-state index contributed by atoms with van der Waals surface area (Å²) < 4.78 is 5.29. The van der Waals surface area contributed by atoms with E-state index >= 15 is 0 Å². The summed E-state index contributed by atoms with van der Waals surface area (Å²) in [4.78, 5) is 15.0. The van der Waals surface area contributed by atoms with Crippen molar-refractivity contribution in [3.05, 3.63) is 23.9 Å². The Labute approximate surface area is 93.5 Å². The van der Waals surface area contributed by atoms with E-state index < -0.39 is 5.97 Å². The lowest BCUT2D eigenvalue weighted by atomic mass is 10.0. The molecule has 1 saturated heterocycles. The Balaban J connectivity index is 2.23. The number of nitrogens with one attached hydrogen (secondary N) is 1. The number of carboxylic acid groups (broad SMARTS) is 1. The van der Waals surface area contributed by atoms with Gasteiger partial charge in [0.05, 0.1) is 12.1 Å². The zero-order valence-electron chi connectivity index (χ0n) is 9.06. The molecule has 1 aromatic heterocycles. The van der Waals surface area contributed by atoms with Crippen LogP contribution in [-0.2, 0) is 4.74 Å². The summed E-state index contributed by atoms with van der Waals surface area (Å²) in [6.07, 6.45) is 2.43. The zero-order chi connectivity index (χ0) is 11.6. The van der Waals surface area contributed by atoms with Crippen molar-refractivity contribution >= 4 is 11.8 Å². The van der Waals surface area contributed by atoms with Crippen molar-refractivity contribution in [3.8, 4) is 0 Å². The largest absolute Gasteiger partial charge is 0.478 e. The molecule has 0 spiro atoms. The van der Waals surface area contributed by atoms with Crippen LogP contribution >= 0.6 is 0 Å². The average Bonchev–Trinajstić information content (AvgIpc) is 2.65. The lowest BCUT2D eigenvalue weighted by Crippen LogP contribution is -2.36. The van der Waals surface area contributed by atoms with Crippen LogP contribution in [0.2, 0.25) is 0 Å². The van der Waals surface area contributed by atoms with E-state index in [9.17, 15) is 4.79 Å². The van der Waals surface area contributed by atoms with Gasteiger partial charge in [-0.2, -0.15) is 0 Å². The predicted molar refractivity (Wildman–Crippen MR) is 58.7 cm³/mol. The first kappa shape index (κ1) is 10.9. The number of pyridine rings is 1. The molecule has 5 heteroatoms. The van der Waals surface area contributed by atoms with Crippen LogP contribution in [-0.4, -0.2) is 34.8 Å². The normalized spacial score (nSPS) is 24.3. The molecule has 1 fully saturated rings. The summed E-state index contributed by atoms with van der Waals surface area (Å²) >= 11 is 0. The molecule has 1 unspecified atom stereocenters. The lowest BCUT2D eigenvalue weighted by Gasteiger charge is -2.24. The van der Waals surface area contributed by atoms with E-state index in [0.29, 0.717) is 19.0 Å². The lowest BCUT2D eigenvalue weighted by molar-refractivity contribution is 0.0697. The monoisotopic (exact) mass is 222 g/mol. The van der Waals surface area contributed by atoms with Gasteiger partial charge in [0.1, 0.15) is 11.4 Å². The summed E-state index contributed by atoms with van der Waals surface area (Å²) in [5.74, 6) is -0.568. The molecule has 16 heavy (non-hydrogen) atoms. The molecule has 86 valence electrons. The first-order valence-electron chi connectivity index (χ1n) is 5.15. The number of carbonyl (C=O) groups is 1.